The SMILES string of the molecule is O=C(O)CCCCSc1cc(F)ccc1F. The van der Waals surface area contributed by atoms with Crippen LogP contribution in [0, 0.1) is 11.6 Å². The van der Waals surface area contributed by atoms with Crippen molar-refractivity contribution in [3.8, 4) is 0 Å². The predicted octanol–water partition coefficient (Wildman–Crippen LogP) is 3.31. The highest BCUT2D eigenvalue weighted by Gasteiger charge is 2.04. The standard InChI is InChI=1S/C11H12F2O2S/c12-8-4-5-9(13)10(7-8)16-6-2-1-3-11(14)15/h4-5,7H,1-3,6H2,(H,14,15). The Kier molecular flexibility index (Phi) is 5.25. The van der Waals surface area contributed by atoms with Crippen LogP contribution >= 0.6 is 11.8 Å². The lowest BCUT2D eigenvalue weighted by atomic mass is 10.2. The third-order valence-corrected chi connectivity index (χ3v) is 3.05. The van der Waals surface area contributed by atoms with E-state index in [-0.39, 0.29) is 11.3 Å². The molecule has 5 heteroatoms. The smallest absolute Gasteiger partial charge is 0.303 e. The lowest BCUT2D eigenvalue weighted by Gasteiger charge is -2.02. The Morgan fingerprint density at radius 3 is 2.75 bits per heavy atom. The molecule has 0 saturated carbocycles. The van der Waals surface area contributed by atoms with Gasteiger partial charge in [0.1, 0.15) is 11.6 Å². The Bertz CT molecular complexity index is 369. The quantitative estimate of drug-likeness (QED) is 0.618. The van der Waals surface area contributed by atoms with E-state index in [1.165, 1.54) is 11.8 Å². The highest BCUT2D eigenvalue weighted by molar-refractivity contribution is 7.99. The van der Waals surface area contributed by atoms with Gasteiger partial charge in [-0.05, 0) is 36.8 Å². The van der Waals surface area contributed by atoms with Crippen LogP contribution in [-0.2, 0) is 4.79 Å². The van der Waals surface area contributed by atoms with Gasteiger partial charge >= 0.3 is 5.97 Å². The minimum atomic E-state index is -0.832. The number of thioether (sulfide) groups is 1. The van der Waals surface area contributed by atoms with Crippen LogP contribution in [0.5, 0.6) is 0 Å². The summed E-state index contributed by atoms with van der Waals surface area (Å²) < 4.78 is 25.9. The summed E-state index contributed by atoms with van der Waals surface area (Å²) in [5, 5.41) is 8.39. The van der Waals surface area contributed by atoms with E-state index in [9.17, 15) is 13.6 Å². The van der Waals surface area contributed by atoms with Crippen molar-refractivity contribution in [2.75, 3.05) is 5.75 Å². The minimum Gasteiger partial charge on any atom is -0.481 e. The van der Waals surface area contributed by atoms with Gasteiger partial charge in [-0.25, -0.2) is 8.78 Å². The first-order valence-electron chi connectivity index (χ1n) is 4.89. The van der Waals surface area contributed by atoms with E-state index in [2.05, 4.69) is 0 Å². The van der Waals surface area contributed by atoms with Gasteiger partial charge in [0.2, 0.25) is 0 Å². The molecule has 0 aliphatic carbocycles. The van der Waals surface area contributed by atoms with E-state index in [1.54, 1.807) is 0 Å². The molecule has 1 aromatic carbocycles. The van der Waals surface area contributed by atoms with Gasteiger partial charge in [0.15, 0.2) is 0 Å². The lowest BCUT2D eigenvalue weighted by molar-refractivity contribution is -0.137. The molecular weight excluding hydrogens is 234 g/mol. The fraction of sp³-hybridized carbons (Fsp3) is 0.364. The number of rotatable bonds is 6. The molecule has 0 amide bonds. The molecular formula is C11H12F2O2S. The summed E-state index contributed by atoms with van der Waals surface area (Å²) in [5.74, 6) is -1.14. The van der Waals surface area contributed by atoms with Crippen LogP contribution < -0.4 is 0 Å². The Labute approximate surface area is 96.7 Å². The summed E-state index contributed by atoms with van der Waals surface area (Å²) in [7, 11) is 0. The first kappa shape index (κ1) is 13.0. The first-order chi connectivity index (χ1) is 7.59. The van der Waals surface area contributed by atoms with Crippen LogP contribution in [0.1, 0.15) is 19.3 Å². The Morgan fingerprint density at radius 1 is 1.31 bits per heavy atom. The van der Waals surface area contributed by atoms with Crippen molar-refractivity contribution in [1.29, 1.82) is 0 Å². The Morgan fingerprint density at radius 2 is 2.06 bits per heavy atom. The Balaban J connectivity index is 2.31. The van der Waals surface area contributed by atoms with Crippen molar-refractivity contribution >= 4 is 17.7 Å². The van der Waals surface area contributed by atoms with Gasteiger partial charge in [-0.2, -0.15) is 0 Å². The summed E-state index contributed by atoms with van der Waals surface area (Å²) in [4.78, 5) is 10.5. The average molecular weight is 246 g/mol. The van der Waals surface area contributed by atoms with Gasteiger partial charge in [-0.3, -0.25) is 4.79 Å². The number of benzene rings is 1. The van der Waals surface area contributed by atoms with Crippen LogP contribution in [0.2, 0.25) is 0 Å². The van der Waals surface area contributed by atoms with Gasteiger partial charge in [0, 0.05) is 11.3 Å². The van der Waals surface area contributed by atoms with Gasteiger partial charge in [-0.1, -0.05) is 0 Å². The zero-order chi connectivity index (χ0) is 12.0. The molecule has 0 aliphatic heterocycles. The fourth-order valence-electron chi connectivity index (χ4n) is 1.15. The number of carboxylic acids is 1. The number of halogens is 2. The molecule has 1 N–H and O–H groups in total. The number of aliphatic carboxylic acids is 1. The number of carbonyl (C=O) groups is 1. The molecule has 0 radical (unpaired) electrons. The van der Waals surface area contributed by atoms with Gasteiger partial charge in [-0.15, -0.1) is 11.8 Å². The highest BCUT2D eigenvalue weighted by Crippen LogP contribution is 2.23. The molecule has 16 heavy (non-hydrogen) atoms. The maximum absolute atomic E-state index is 13.1. The molecule has 2 nitrogen and oxygen atoms in total. The molecule has 0 saturated heterocycles. The van der Waals surface area contributed by atoms with Crippen molar-refractivity contribution in [3.63, 3.8) is 0 Å². The monoisotopic (exact) mass is 246 g/mol. The molecule has 0 heterocycles. The lowest BCUT2D eigenvalue weighted by Crippen LogP contribution is -1.94. The first-order valence-corrected chi connectivity index (χ1v) is 5.88. The summed E-state index contributed by atoms with van der Waals surface area (Å²) in [5.41, 5.74) is 0. The second-order valence-electron chi connectivity index (χ2n) is 3.27. The number of hydrogen-bond donors (Lipinski definition) is 1. The minimum absolute atomic E-state index is 0.117. The highest BCUT2D eigenvalue weighted by atomic mass is 32.2. The summed E-state index contributed by atoms with van der Waals surface area (Å²) in [6, 6.07) is 3.32. The molecule has 0 fully saturated rings. The zero-order valence-corrected chi connectivity index (χ0v) is 9.40. The third-order valence-electron chi connectivity index (χ3n) is 1.94. The van der Waals surface area contributed by atoms with Gasteiger partial charge in [0.05, 0.1) is 0 Å². The van der Waals surface area contributed by atoms with Crippen molar-refractivity contribution in [1.82, 2.24) is 0 Å². The van der Waals surface area contributed by atoms with Crippen molar-refractivity contribution in [3.05, 3.63) is 29.8 Å². The maximum Gasteiger partial charge on any atom is 0.303 e. The molecule has 88 valence electrons. The second kappa shape index (κ2) is 6.48. The molecule has 0 aliphatic rings. The average Bonchev–Trinajstić information content (AvgIpc) is 2.22. The van der Waals surface area contributed by atoms with Crippen LogP contribution in [0.3, 0.4) is 0 Å². The zero-order valence-electron chi connectivity index (χ0n) is 8.58. The molecule has 0 bridgehead atoms. The van der Waals surface area contributed by atoms with E-state index in [4.69, 9.17) is 5.11 Å². The van der Waals surface area contributed by atoms with Gasteiger partial charge in [0.25, 0.3) is 0 Å². The third kappa shape index (κ3) is 4.61. The molecule has 0 unspecified atom stereocenters. The second-order valence-corrected chi connectivity index (χ2v) is 4.41. The number of hydrogen-bond acceptors (Lipinski definition) is 2. The number of unbranched alkanes of at least 4 members (excludes halogenated alkanes) is 1. The molecule has 0 aromatic heterocycles. The normalized spacial score (nSPS) is 10.4. The fourth-order valence-corrected chi connectivity index (χ4v) is 2.12. The van der Waals surface area contributed by atoms with Crippen molar-refractivity contribution < 1.29 is 18.7 Å². The molecule has 0 spiro atoms. The van der Waals surface area contributed by atoms with E-state index in [0.717, 1.165) is 18.2 Å². The molecule has 1 aromatic rings. The van der Waals surface area contributed by atoms with Crippen molar-refractivity contribution in [2.45, 2.75) is 24.2 Å². The molecule has 0 atom stereocenters. The van der Waals surface area contributed by atoms with Crippen LogP contribution in [-0.4, -0.2) is 16.8 Å². The molecule has 1 rings (SSSR count). The van der Waals surface area contributed by atoms with E-state index < -0.39 is 17.6 Å². The summed E-state index contributed by atoms with van der Waals surface area (Å²) in [6.07, 6.45) is 1.35. The van der Waals surface area contributed by atoms with Crippen molar-refractivity contribution in [2.24, 2.45) is 0 Å². The summed E-state index contributed by atoms with van der Waals surface area (Å²) in [6.45, 7) is 0. The topological polar surface area (TPSA) is 37.3 Å². The van der Waals surface area contributed by atoms with Crippen LogP contribution in [0.15, 0.2) is 23.1 Å². The van der Waals surface area contributed by atoms with E-state index in [0.29, 0.717) is 18.6 Å². The van der Waals surface area contributed by atoms with Crippen LogP contribution in [0.4, 0.5) is 8.78 Å². The van der Waals surface area contributed by atoms with Crippen LogP contribution in [0.25, 0.3) is 0 Å². The van der Waals surface area contributed by atoms with E-state index >= 15 is 0 Å². The van der Waals surface area contributed by atoms with E-state index in [1.807, 2.05) is 0 Å². The predicted molar refractivity (Wildman–Crippen MR) is 58.6 cm³/mol. The largest absolute Gasteiger partial charge is 0.481 e. The van der Waals surface area contributed by atoms with Gasteiger partial charge < -0.3 is 5.11 Å². The summed E-state index contributed by atoms with van der Waals surface area (Å²) >= 11 is 1.20. The Hall–Kier alpha value is -1.10. The maximum atomic E-state index is 13.1. The number of carboxylic acid groups (broad SMARTS) is 1.